The van der Waals surface area contributed by atoms with Crippen LogP contribution in [0.5, 0.6) is 0 Å². The first-order chi connectivity index (χ1) is 8.65. The summed E-state index contributed by atoms with van der Waals surface area (Å²) in [6, 6.07) is 7.14. The maximum atomic E-state index is 10.6. The van der Waals surface area contributed by atoms with E-state index < -0.39 is 6.03 Å². The number of aromatic nitrogens is 2. The number of hydrogen-bond donors (Lipinski definition) is 2. The average molecular weight is 242 g/mol. The summed E-state index contributed by atoms with van der Waals surface area (Å²) in [5.41, 5.74) is 8.63. The van der Waals surface area contributed by atoms with Crippen LogP contribution in [0.25, 0.3) is 11.4 Å². The van der Waals surface area contributed by atoms with Gasteiger partial charge >= 0.3 is 6.03 Å². The molecule has 0 aliphatic heterocycles. The van der Waals surface area contributed by atoms with E-state index in [2.05, 4.69) is 15.3 Å². The second-order valence-electron chi connectivity index (χ2n) is 3.99. The van der Waals surface area contributed by atoms with E-state index in [1.807, 2.05) is 31.2 Å². The van der Waals surface area contributed by atoms with Gasteiger partial charge in [0.15, 0.2) is 0 Å². The number of nitrogens with one attached hydrogen (secondary N) is 1. The van der Waals surface area contributed by atoms with Crippen molar-refractivity contribution in [3.05, 3.63) is 47.8 Å². The lowest BCUT2D eigenvalue weighted by molar-refractivity contribution is 0.248. The monoisotopic (exact) mass is 242 g/mol. The average Bonchev–Trinajstić information content (AvgIpc) is 2.38. The predicted molar refractivity (Wildman–Crippen MR) is 68.6 cm³/mol. The van der Waals surface area contributed by atoms with Crippen LogP contribution < -0.4 is 11.1 Å². The summed E-state index contributed by atoms with van der Waals surface area (Å²) < 4.78 is 0. The fourth-order valence-electron chi connectivity index (χ4n) is 1.49. The molecule has 0 bridgehead atoms. The number of carbonyl (C=O) groups is 1. The molecule has 5 heteroatoms. The molecule has 0 saturated heterocycles. The highest BCUT2D eigenvalue weighted by molar-refractivity contribution is 5.71. The zero-order chi connectivity index (χ0) is 13.0. The van der Waals surface area contributed by atoms with Gasteiger partial charge in [-0.05, 0) is 30.2 Å². The van der Waals surface area contributed by atoms with Crippen LogP contribution in [0, 0.1) is 6.92 Å². The Labute approximate surface area is 105 Å². The lowest BCUT2D eigenvalue weighted by atomic mass is 10.2. The van der Waals surface area contributed by atoms with Gasteiger partial charge in [0.1, 0.15) is 0 Å². The summed E-state index contributed by atoms with van der Waals surface area (Å²) in [5.74, 6) is 0. The van der Waals surface area contributed by atoms with Crippen molar-refractivity contribution < 1.29 is 4.79 Å². The van der Waals surface area contributed by atoms with E-state index in [4.69, 9.17) is 5.73 Å². The normalized spacial score (nSPS) is 10.1. The van der Waals surface area contributed by atoms with E-state index in [1.165, 1.54) is 0 Å². The Morgan fingerprint density at radius 1 is 1.17 bits per heavy atom. The molecule has 2 rings (SSSR count). The van der Waals surface area contributed by atoms with Gasteiger partial charge in [-0.25, -0.2) is 4.79 Å². The Hall–Kier alpha value is -2.43. The van der Waals surface area contributed by atoms with Crippen LogP contribution in [0.3, 0.4) is 0 Å². The van der Waals surface area contributed by atoms with Gasteiger partial charge < -0.3 is 11.1 Å². The van der Waals surface area contributed by atoms with E-state index in [1.54, 1.807) is 12.4 Å². The molecule has 0 aromatic carbocycles. The Morgan fingerprint density at radius 3 is 2.33 bits per heavy atom. The predicted octanol–water partition coefficient (Wildman–Crippen LogP) is 1.62. The van der Waals surface area contributed by atoms with E-state index in [0.29, 0.717) is 6.54 Å². The highest BCUT2D eigenvalue weighted by atomic mass is 16.2. The molecule has 0 aliphatic carbocycles. The molecule has 5 nitrogen and oxygen atoms in total. The molecule has 0 fully saturated rings. The Bertz CT molecular complexity index is 534. The molecule has 0 spiro atoms. The number of amides is 2. The largest absolute Gasteiger partial charge is 0.352 e. The zero-order valence-electron chi connectivity index (χ0n) is 10.1. The van der Waals surface area contributed by atoms with Crippen molar-refractivity contribution in [2.75, 3.05) is 0 Å². The van der Waals surface area contributed by atoms with Gasteiger partial charge in [-0.1, -0.05) is 12.1 Å². The molecular formula is C13H14N4O. The fourth-order valence-corrected chi connectivity index (χ4v) is 1.49. The van der Waals surface area contributed by atoms with Crippen molar-refractivity contribution in [3.63, 3.8) is 0 Å². The number of urea groups is 1. The van der Waals surface area contributed by atoms with Crippen LogP contribution in [0.2, 0.25) is 0 Å². The number of rotatable bonds is 3. The standard InChI is InChI=1S/C13H14N4O/c1-9-2-4-11(15-6-9)12-5-3-10(7-16-12)8-17-13(14)18/h2-7H,8H2,1H3,(H3,14,17,18). The van der Waals surface area contributed by atoms with Crippen molar-refractivity contribution in [2.45, 2.75) is 13.5 Å². The lowest BCUT2D eigenvalue weighted by Gasteiger charge is -2.04. The van der Waals surface area contributed by atoms with Gasteiger partial charge in [-0.2, -0.15) is 0 Å². The van der Waals surface area contributed by atoms with E-state index in [0.717, 1.165) is 22.5 Å². The van der Waals surface area contributed by atoms with E-state index in [9.17, 15) is 4.79 Å². The van der Waals surface area contributed by atoms with Crippen LogP contribution in [-0.2, 0) is 6.54 Å². The number of carbonyl (C=O) groups excluding carboxylic acids is 1. The first kappa shape index (κ1) is 12.0. The summed E-state index contributed by atoms with van der Waals surface area (Å²) in [7, 11) is 0. The summed E-state index contributed by atoms with van der Waals surface area (Å²) in [6.07, 6.45) is 3.51. The van der Waals surface area contributed by atoms with Crippen molar-refractivity contribution in [2.24, 2.45) is 5.73 Å². The van der Waals surface area contributed by atoms with Crippen molar-refractivity contribution in [3.8, 4) is 11.4 Å². The van der Waals surface area contributed by atoms with Gasteiger partial charge in [0.25, 0.3) is 0 Å². The maximum Gasteiger partial charge on any atom is 0.312 e. The molecule has 0 aliphatic rings. The lowest BCUT2D eigenvalue weighted by Crippen LogP contribution is -2.28. The minimum Gasteiger partial charge on any atom is -0.352 e. The minimum absolute atomic E-state index is 0.379. The smallest absolute Gasteiger partial charge is 0.312 e. The molecule has 92 valence electrons. The number of aryl methyl sites for hydroxylation is 1. The molecule has 0 unspecified atom stereocenters. The Morgan fingerprint density at radius 2 is 1.83 bits per heavy atom. The van der Waals surface area contributed by atoms with Gasteiger partial charge in [0.2, 0.25) is 0 Å². The maximum absolute atomic E-state index is 10.6. The van der Waals surface area contributed by atoms with Crippen LogP contribution >= 0.6 is 0 Å². The van der Waals surface area contributed by atoms with Gasteiger partial charge in [0.05, 0.1) is 11.4 Å². The quantitative estimate of drug-likeness (QED) is 0.858. The molecule has 3 N–H and O–H groups in total. The van der Waals surface area contributed by atoms with Gasteiger partial charge in [-0.3, -0.25) is 9.97 Å². The van der Waals surface area contributed by atoms with Crippen molar-refractivity contribution >= 4 is 6.03 Å². The van der Waals surface area contributed by atoms with Crippen LogP contribution in [0.4, 0.5) is 4.79 Å². The number of primary amides is 1. The van der Waals surface area contributed by atoms with E-state index in [-0.39, 0.29) is 0 Å². The molecule has 2 heterocycles. The number of nitrogens with zero attached hydrogens (tertiary/aromatic N) is 2. The molecule has 0 atom stereocenters. The van der Waals surface area contributed by atoms with Crippen LogP contribution in [0.1, 0.15) is 11.1 Å². The Balaban J connectivity index is 2.12. The Kier molecular flexibility index (Phi) is 3.52. The van der Waals surface area contributed by atoms with Crippen LogP contribution in [0.15, 0.2) is 36.7 Å². The molecule has 0 radical (unpaired) electrons. The third kappa shape index (κ3) is 3.04. The summed E-state index contributed by atoms with van der Waals surface area (Å²) >= 11 is 0. The molecule has 0 saturated carbocycles. The third-order valence-corrected chi connectivity index (χ3v) is 2.47. The molecular weight excluding hydrogens is 228 g/mol. The summed E-state index contributed by atoms with van der Waals surface area (Å²) in [5, 5.41) is 2.51. The SMILES string of the molecule is Cc1ccc(-c2ccc(CNC(N)=O)cn2)nc1. The molecule has 2 aromatic heterocycles. The third-order valence-electron chi connectivity index (χ3n) is 2.47. The number of nitrogens with two attached hydrogens (primary N) is 1. The van der Waals surface area contributed by atoms with Crippen molar-refractivity contribution in [1.82, 2.24) is 15.3 Å². The molecule has 2 amide bonds. The number of pyridine rings is 2. The summed E-state index contributed by atoms with van der Waals surface area (Å²) in [4.78, 5) is 19.2. The van der Waals surface area contributed by atoms with Gasteiger partial charge in [0, 0.05) is 18.9 Å². The first-order valence-corrected chi connectivity index (χ1v) is 5.56. The molecule has 18 heavy (non-hydrogen) atoms. The molecule has 2 aromatic rings. The summed E-state index contributed by atoms with van der Waals surface area (Å²) in [6.45, 7) is 2.37. The topological polar surface area (TPSA) is 80.9 Å². The highest BCUT2D eigenvalue weighted by Crippen LogP contribution is 2.14. The second-order valence-corrected chi connectivity index (χ2v) is 3.99. The van der Waals surface area contributed by atoms with Crippen molar-refractivity contribution in [1.29, 1.82) is 0 Å². The fraction of sp³-hybridized carbons (Fsp3) is 0.154. The van der Waals surface area contributed by atoms with E-state index >= 15 is 0 Å². The second kappa shape index (κ2) is 5.27. The van der Waals surface area contributed by atoms with Gasteiger partial charge in [-0.15, -0.1) is 0 Å². The highest BCUT2D eigenvalue weighted by Gasteiger charge is 2.01. The minimum atomic E-state index is -0.542. The van der Waals surface area contributed by atoms with Crippen LogP contribution in [-0.4, -0.2) is 16.0 Å². The number of hydrogen-bond acceptors (Lipinski definition) is 3. The first-order valence-electron chi connectivity index (χ1n) is 5.56. The zero-order valence-corrected chi connectivity index (χ0v) is 10.1.